The lowest BCUT2D eigenvalue weighted by molar-refractivity contribution is 0.387. The third-order valence-electron chi connectivity index (χ3n) is 2.29. The predicted molar refractivity (Wildman–Crippen MR) is 63.0 cm³/mol. The van der Waals surface area contributed by atoms with Gasteiger partial charge in [-0.1, -0.05) is 13.3 Å². The summed E-state index contributed by atoms with van der Waals surface area (Å²) >= 11 is 0. The number of unbranched alkanes of at least 4 members (excludes halogenated alkanes) is 1. The summed E-state index contributed by atoms with van der Waals surface area (Å²) in [6.07, 6.45) is 1.90. The van der Waals surface area contributed by atoms with E-state index in [0.717, 1.165) is 12.8 Å². The molecule has 0 aromatic carbocycles. The molecule has 0 aromatic heterocycles. The smallest absolute Gasteiger partial charge is 0.281 e. The SMILES string of the molecule is CCCCN(C)S(=O)(=O)N(C)CCNC. The van der Waals surface area contributed by atoms with E-state index in [1.54, 1.807) is 21.1 Å². The van der Waals surface area contributed by atoms with Crippen LogP contribution in [0.3, 0.4) is 0 Å². The molecule has 0 aliphatic carbocycles. The molecule has 0 aliphatic rings. The first-order chi connectivity index (χ1) is 6.96. The van der Waals surface area contributed by atoms with Gasteiger partial charge in [-0.25, -0.2) is 0 Å². The van der Waals surface area contributed by atoms with E-state index >= 15 is 0 Å². The lowest BCUT2D eigenvalue weighted by atomic mass is 10.3. The third kappa shape index (κ3) is 4.92. The predicted octanol–water partition coefficient (Wildman–Crippen LogP) is 0.114. The minimum absolute atomic E-state index is 0.495. The minimum Gasteiger partial charge on any atom is -0.318 e. The second kappa shape index (κ2) is 7.16. The molecule has 0 amide bonds. The lowest BCUT2D eigenvalue weighted by Gasteiger charge is -2.24. The second-order valence-corrected chi connectivity index (χ2v) is 5.75. The summed E-state index contributed by atoms with van der Waals surface area (Å²) in [6, 6.07) is 0. The average molecular weight is 237 g/mol. The van der Waals surface area contributed by atoms with Gasteiger partial charge in [0.1, 0.15) is 0 Å². The standard InChI is InChI=1S/C9H23N3O2S/c1-5-6-8-11(3)15(13,14)12(4)9-7-10-2/h10H,5-9H2,1-4H3. The van der Waals surface area contributed by atoms with Crippen LogP contribution in [-0.4, -0.2) is 57.8 Å². The first kappa shape index (κ1) is 14.8. The molecule has 0 rings (SSSR count). The molecular weight excluding hydrogens is 214 g/mol. The van der Waals surface area contributed by atoms with Crippen molar-refractivity contribution in [3.63, 3.8) is 0 Å². The number of likely N-dealkylation sites (N-methyl/N-ethyl adjacent to an activating group) is 2. The molecule has 0 spiro atoms. The highest BCUT2D eigenvalue weighted by Gasteiger charge is 2.22. The molecule has 0 heterocycles. The van der Waals surface area contributed by atoms with Crippen molar-refractivity contribution in [3.8, 4) is 0 Å². The van der Waals surface area contributed by atoms with Crippen molar-refractivity contribution in [3.05, 3.63) is 0 Å². The van der Waals surface area contributed by atoms with Crippen LogP contribution in [0.1, 0.15) is 19.8 Å². The molecule has 5 nitrogen and oxygen atoms in total. The Balaban J connectivity index is 4.25. The Morgan fingerprint density at radius 1 is 1.13 bits per heavy atom. The van der Waals surface area contributed by atoms with Gasteiger partial charge in [-0.3, -0.25) is 0 Å². The molecule has 15 heavy (non-hydrogen) atoms. The first-order valence-electron chi connectivity index (χ1n) is 5.29. The van der Waals surface area contributed by atoms with Crippen molar-refractivity contribution < 1.29 is 8.42 Å². The van der Waals surface area contributed by atoms with Crippen LogP contribution in [0.15, 0.2) is 0 Å². The van der Waals surface area contributed by atoms with Crippen LogP contribution in [0.4, 0.5) is 0 Å². The molecule has 1 N–H and O–H groups in total. The van der Waals surface area contributed by atoms with Gasteiger partial charge in [-0.05, 0) is 13.5 Å². The Kier molecular flexibility index (Phi) is 7.08. The van der Waals surface area contributed by atoms with Crippen LogP contribution in [0.5, 0.6) is 0 Å². The molecule has 0 saturated heterocycles. The van der Waals surface area contributed by atoms with Crippen LogP contribution in [0, 0.1) is 0 Å². The first-order valence-corrected chi connectivity index (χ1v) is 6.68. The van der Waals surface area contributed by atoms with E-state index in [2.05, 4.69) is 5.32 Å². The van der Waals surface area contributed by atoms with Crippen LogP contribution in [-0.2, 0) is 10.2 Å². The normalized spacial score (nSPS) is 12.7. The summed E-state index contributed by atoms with van der Waals surface area (Å²) in [5.74, 6) is 0. The molecule has 0 saturated carbocycles. The summed E-state index contributed by atoms with van der Waals surface area (Å²) in [5.41, 5.74) is 0. The van der Waals surface area contributed by atoms with Crippen molar-refractivity contribution in [2.45, 2.75) is 19.8 Å². The van der Waals surface area contributed by atoms with Crippen molar-refractivity contribution in [1.29, 1.82) is 0 Å². The fourth-order valence-corrected chi connectivity index (χ4v) is 2.28. The van der Waals surface area contributed by atoms with Crippen LogP contribution in [0.2, 0.25) is 0 Å². The van der Waals surface area contributed by atoms with Gasteiger partial charge in [0.05, 0.1) is 0 Å². The van der Waals surface area contributed by atoms with Crippen LogP contribution < -0.4 is 5.32 Å². The quantitative estimate of drug-likeness (QED) is 0.652. The van der Waals surface area contributed by atoms with Gasteiger partial charge in [0.25, 0.3) is 10.2 Å². The van der Waals surface area contributed by atoms with Crippen molar-refractivity contribution in [2.24, 2.45) is 0 Å². The average Bonchev–Trinajstić information content (AvgIpc) is 2.21. The van der Waals surface area contributed by atoms with E-state index in [4.69, 9.17) is 0 Å². The number of hydrogen-bond acceptors (Lipinski definition) is 3. The topological polar surface area (TPSA) is 52.7 Å². The highest BCUT2D eigenvalue weighted by Crippen LogP contribution is 2.04. The van der Waals surface area contributed by atoms with Gasteiger partial charge >= 0.3 is 0 Å². The van der Waals surface area contributed by atoms with E-state index in [1.165, 1.54) is 8.61 Å². The van der Waals surface area contributed by atoms with Gasteiger partial charge < -0.3 is 5.32 Å². The summed E-state index contributed by atoms with van der Waals surface area (Å²) in [4.78, 5) is 0. The maximum Gasteiger partial charge on any atom is 0.281 e. The zero-order chi connectivity index (χ0) is 11.9. The molecule has 0 radical (unpaired) electrons. The van der Waals surface area contributed by atoms with Crippen LogP contribution in [0.25, 0.3) is 0 Å². The van der Waals surface area contributed by atoms with Gasteiger partial charge in [-0.2, -0.15) is 17.0 Å². The zero-order valence-electron chi connectivity index (χ0n) is 10.2. The fraction of sp³-hybridized carbons (Fsp3) is 1.00. The van der Waals surface area contributed by atoms with Gasteiger partial charge in [-0.15, -0.1) is 0 Å². The van der Waals surface area contributed by atoms with Crippen molar-refractivity contribution >= 4 is 10.2 Å². The van der Waals surface area contributed by atoms with E-state index in [-0.39, 0.29) is 0 Å². The lowest BCUT2D eigenvalue weighted by Crippen LogP contribution is -2.42. The Morgan fingerprint density at radius 2 is 1.67 bits per heavy atom. The van der Waals surface area contributed by atoms with Crippen molar-refractivity contribution in [1.82, 2.24) is 13.9 Å². The molecular formula is C9H23N3O2S. The zero-order valence-corrected chi connectivity index (χ0v) is 11.0. The molecule has 92 valence electrons. The summed E-state index contributed by atoms with van der Waals surface area (Å²) in [5, 5.41) is 2.93. The largest absolute Gasteiger partial charge is 0.318 e. The number of rotatable bonds is 8. The monoisotopic (exact) mass is 237 g/mol. The number of nitrogens with one attached hydrogen (secondary N) is 1. The Morgan fingerprint density at radius 3 is 2.13 bits per heavy atom. The molecule has 0 bridgehead atoms. The van der Waals surface area contributed by atoms with Gasteiger partial charge in [0.15, 0.2) is 0 Å². The van der Waals surface area contributed by atoms with E-state index in [0.29, 0.717) is 19.6 Å². The summed E-state index contributed by atoms with van der Waals surface area (Å²) in [7, 11) is 1.78. The number of nitrogens with zero attached hydrogens (tertiary/aromatic N) is 2. The molecule has 0 fully saturated rings. The fourth-order valence-electron chi connectivity index (χ4n) is 1.12. The van der Waals surface area contributed by atoms with E-state index in [9.17, 15) is 8.42 Å². The van der Waals surface area contributed by atoms with Gasteiger partial charge in [0, 0.05) is 33.7 Å². The molecule has 0 unspecified atom stereocenters. The Labute approximate surface area is 93.6 Å². The molecule has 0 atom stereocenters. The second-order valence-electron chi connectivity index (χ2n) is 3.61. The molecule has 0 aliphatic heterocycles. The molecule has 0 aromatic rings. The highest BCUT2D eigenvalue weighted by molar-refractivity contribution is 7.86. The summed E-state index contributed by atoms with van der Waals surface area (Å²) in [6.45, 7) is 3.79. The van der Waals surface area contributed by atoms with Crippen molar-refractivity contribution in [2.75, 3.05) is 40.8 Å². The van der Waals surface area contributed by atoms with Crippen LogP contribution >= 0.6 is 0 Å². The van der Waals surface area contributed by atoms with E-state index < -0.39 is 10.2 Å². The number of hydrogen-bond donors (Lipinski definition) is 1. The van der Waals surface area contributed by atoms with Gasteiger partial charge in [0.2, 0.25) is 0 Å². The van der Waals surface area contributed by atoms with E-state index in [1.807, 2.05) is 6.92 Å². The maximum absolute atomic E-state index is 11.9. The Hall–Kier alpha value is -0.170. The minimum atomic E-state index is -3.26. The summed E-state index contributed by atoms with van der Waals surface area (Å²) < 4.78 is 26.5. The molecule has 6 heteroatoms. The maximum atomic E-state index is 11.9. The highest BCUT2D eigenvalue weighted by atomic mass is 32.2. The third-order valence-corrected chi connectivity index (χ3v) is 4.23. The Bertz CT molecular complexity index is 234.